The van der Waals surface area contributed by atoms with Crippen molar-refractivity contribution in [2.24, 2.45) is 0 Å². The van der Waals surface area contributed by atoms with Crippen molar-refractivity contribution >= 4 is 11.3 Å². The molecule has 0 unspecified atom stereocenters. The van der Waals surface area contributed by atoms with Gasteiger partial charge in [0.15, 0.2) is 0 Å². The number of aryl methyl sites for hydroxylation is 1. The molecule has 0 bridgehead atoms. The molecule has 0 spiro atoms. The van der Waals surface area contributed by atoms with E-state index >= 15 is 0 Å². The quantitative estimate of drug-likeness (QED) is 0.800. The van der Waals surface area contributed by atoms with Crippen molar-refractivity contribution < 1.29 is 5.11 Å². The van der Waals surface area contributed by atoms with Gasteiger partial charge in [0, 0.05) is 11.8 Å². The number of thiazole rings is 1. The van der Waals surface area contributed by atoms with E-state index in [-0.39, 0.29) is 6.61 Å². The third-order valence-corrected chi connectivity index (χ3v) is 2.69. The van der Waals surface area contributed by atoms with Crippen LogP contribution in [0.4, 0.5) is 0 Å². The van der Waals surface area contributed by atoms with Gasteiger partial charge in [-0.15, -0.1) is 11.3 Å². The van der Waals surface area contributed by atoms with Gasteiger partial charge in [0.1, 0.15) is 5.82 Å². The smallest absolute Gasteiger partial charge is 0.112 e. The maximum absolute atomic E-state index is 8.84. The summed E-state index contributed by atoms with van der Waals surface area (Å²) < 4.78 is 0. The van der Waals surface area contributed by atoms with E-state index in [1.54, 1.807) is 17.5 Å². The molecule has 0 saturated heterocycles. The fourth-order valence-corrected chi connectivity index (χ4v) is 1.85. The maximum Gasteiger partial charge on any atom is 0.112 e. The van der Waals surface area contributed by atoms with Crippen molar-refractivity contribution in [3.8, 4) is 0 Å². The lowest BCUT2D eigenvalue weighted by atomic mass is 10.3. The van der Waals surface area contributed by atoms with E-state index in [1.165, 1.54) is 0 Å². The van der Waals surface area contributed by atoms with Crippen LogP contribution in [0, 0.1) is 6.92 Å². The van der Waals surface area contributed by atoms with E-state index in [4.69, 9.17) is 5.11 Å². The van der Waals surface area contributed by atoms with Gasteiger partial charge in [-0.2, -0.15) is 0 Å². The number of aliphatic hydroxyl groups is 1. The summed E-state index contributed by atoms with van der Waals surface area (Å²) in [7, 11) is 0. The summed E-state index contributed by atoms with van der Waals surface area (Å²) >= 11 is 1.63. The molecule has 14 heavy (non-hydrogen) atoms. The molecule has 0 saturated carbocycles. The molecule has 2 aromatic heterocycles. The number of H-pyrrole nitrogens is 1. The minimum absolute atomic E-state index is 0.00307. The summed E-state index contributed by atoms with van der Waals surface area (Å²) in [4.78, 5) is 11.5. The summed E-state index contributed by atoms with van der Waals surface area (Å²) in [5.74, 6) is 0.847. The Morgan fingerprint density at radius 3 is 3.00 bits per heavy atom. The van der Waals surface area contributed by atoms with Crippen LogP contribution in [0.1, 0.15) is 22.2 Å². The molecule has 2 heterocycles. The minimum Gasteiger partial charge on any atom is -0.390 e. The number of hydrogen-bond donors (Lipinski definition) is 2. The molecular formula is C9H11N3OS. The Morgan fingerprint density at radius 2 is 2.43 bits per heavy atom. The monoisotopic (exact) mass is 209 g/mol. The van der Waals surface area contributed by atoms with Crippen molar-refractivity contribution in [3.63, 3.8) is 0 Å². The van der Waals surface area contributed by atoms with Crippen molar-refractivity contribution in [3.05, 3.63) is 33.8 Å². The lowest BCUT2D eigenvalue weighted by molar-refractivity contribution is 0.277. The van der Waals surface area contributed by atoms with Gasteiger partial charge < -0.3 is 10.1 Å². The summed E-state index contributed by atoms with van der Waals surface area (Å²) in [5.41, 5.74) is 1.76. The fourth-order valence-electron chi connectivity index (χ4n) is 1.24. The molecule has 0 atom stereocenters. The van der Waals surface area contributed by atoms with Crippen LogP contribution in [-0.4, -0.2) is 20.1 Å². The molecule has 2 rings (SSSR count). The molecule has 5 heteroatoms. The van der Waals surface area contributed by atoms with E-state index in [1.807, 2.05) is 12.3 Å². The zero-order valence-corrected chi connectivity index (χ0v) is 8.64. The van der Waals surface area contributed by atoms with Crippen LogP contribution in [-0.2, 0) is 13.0 Å². The fraction of sp³-hybridized carbons (Fsp3) is 0.333. The zero-order chi connectivity index (χ0) is 9.97. The van der Waals surface area contributed by atoms with Gasteiger partial charge in [-0.1, -0.05) is 0 Å². The van der Waals surface area contributed by atoms with Gasteiger partial charge in [-0.3, -0.25) is 0 Å². The van der Waals surface area contributed by atoms with E-state index in [2.05, 4.69) is 15.0 Å². The second-order valence-electron chi connectivity index (χ2n) is 3.05. The first-order valence-electron chi connectivity index (χ1n) is 4.32. The average molecular weight is 209 g/mol. The van der Waals surface area contributed by atoms with Crippen LogP contribution >= 0.6 is 11.3 Å². The average Bonchev–Trinajstić information content (AvgIpc) is 2.76. The number of aromatic amines is 1. The maximum atomic E-state index is 8.84. The van der Waals surface area contributed by atoms with Gasteiger partial charge in [0.2, 0.25) is 0 Å². The Morgan fingerprint density at radius 1 is 1.57 bits per heavy atom. The van der Waals surface area contributed by atoms with E-state index in [0.29, 0.717) is 6.42 Å². The van der Waals surface area contributed by atoms with Crippen molar-refractivity contribution in [1.29, 1.82) is 0 Å². The zero-order valence-electron chi connectivity index (χ0n) is 7.82. The molecule has 0 radical (unpaired) electrons. The molecule has 74 valence electrons. The van der Waals surface area contributed by atoms with Crippen molar-refractivity contribution in [1.82, 2.24) is 15.0 Å². The standard InChI is InChI=1S/C9H11N3OS/c1-6-11-7(5-14-6)2-9-10-3-8(4-13)12-9/h3,5,13H,2,4H2,1H3,(H,10,12). The lowest BCUT2D eigenvalue weighted by Crippen LogP contribution is -1.91. The van der Waals surface area contributed by atoms with E-state index < -0.39 is 0 Å². The van der Waals surface area contributed by atoms with Crippen LogP contribution in [0.15, 0.2) is 11.6 Å². The lowest BCUT2D eigenvalue weighted by Gasteiger charge is -1.91. The number of aliphatic hydroxyl groups excluding tert-OH is 1. The second-order valence-corrected chi connectivity index (χ2v) is 4.11. The summed E-state index contributed by atoms with van der Waals surface area (Å²) in [6.07, 6.45) is 2.35. The number of hydrogen-bond acceptors (Lipinski definition) is 4. The highest BCUT2D eigenvalue weighted by Gasteiger charge is 2.03. The molecule has 0 aliphatic rings. The highest BCUT2D eigenvalue weighted by atomic mass is 32.1. The SMILES string of the molecule is Cc1nc(Cc2ncc(CO)[nH]2)cs1. The Kier molecular flexibility index (Phi) is 2.60. The molecule has 2 N–H and O–H groups in total. The van der Waals surface area contributed by atoms with Crippen LogP contribution in [0.5, 0.6) is 0 Å². The van der Waals surface area contributed by atoms with Crippen LogP contribution in [0.3, 0.4) is 0 Å². The van der Waals surface area contributed by atoms with Crippen LogP contribution < -0.4 is 0 Å². The largest absolute Gasteiger partial charge is 0.390 e. The molecule has 0 aromatic carbocycles. The van der Waals surface area contributed by atoms with Gasteiger partial charge in [0.05, 0.1) is 29.2 Å². The Labute approximate surface area is 85.7 Å². The number of imidazole rings is 1. The van der Waals surface area contributed by atoms with Gasteiger partial charge in [-0.25, -0.2) is 9.97 Å². The van der Waals surface area contributed by atoms with Crippen molar-refractivity contribution in [2.75, 3.05) is 0 Å². The second kappa shape index (κ2) is 3.89. The first-order valence-corrected chi connectivity index (χ1v) is 5.20. The first-order chi connectivity index (χ1) is 6.78. The predicted octanol–water partition coefficient (Wildman–Crippen LogP) is 1.26. The van der Waals surface area contributed by atoms with E-state index in [9.17, 15) is 0 Å². The number of rotatable bonds is 3. The molecule has 0 aliphatic heterocycles. The molecule has 2 aromatic rings. The Balaban J connectivity index is 2.10. The summed E-state index contributed by atoms with van der Waals surface area (Å²) in [5, 5.41) is 11.9. The molecule has 0 fully saturated rings. The Hall–Kier alpha value is -1.20. The molecule has 0 aliphatic carbocycles. The molecular weight excluding hydrogens is 198 g/mol. The highest BCUT2D eigenvalue weighted by molar-refractivity contribution is 7.09. The number of aromatic nitrogens is 3. The first kappa shape index (κ1) is 9.36. The minimum atomic E-state index is 0.00307. The van der Waals surface area contributed by atoms with Crippen LogP contribution in [0.2, 0.25) is 0 Å². The third-order valence-electron chi connectivity index (χ3n) is 1.87. The third kappa shape index (κ3) is 2.00. The van der Waals surface area contributed by atoms with Crippen LogP contribution in [0.25, 0.3) is 0 Å². The molecule has 4 nitrogen and oxygen atoms in total. The van der Waals surface area contributed by atoms with Gasteiger partial charge in [-0.05, 0) is 6.92 Å². The van der Waals surface area contributed by atoms with Crippen molar-refractivity contribution in [2.45, 2.75) is 20.0 Å². The number of nitrogens with one attached hydrogen (secondary N) is 1. The highest BCUT2D eigenvalue weighted by Crippen LogP contribution is 2.11. The normalized spacial score (nSPS) is 10.7. The van der Waals surface area contributed by atoms with Gasteiger partial charge >= 0.3 is 0 Å². The number of nitrogens with zero attached hydrogens (tertiary/aromatic N) is 2. The summed E-state index contributed by atoms with van der Waals surface area (Å²) in [6, 6.07) is 0. The molecule has 0 amide bonds. The Bertz CT molecular complexity index is 421. The van der Waals surface area contributed by atoms with E-state index in [0.717, 1.165) is 22.2 Å². The topological polar surface area (TPSA) is 61.8 Å². The van der Waals surface area contributed by atoms with Gasteiger partial charge in [0.25, 0.3) is 0 Å². The summed E-state index contributed by atoms with van der Waals surface area (Å²) in [6.45, 7) is 1.98. The predicted molar refractivity (Wildman–Crippen MR) is 54.2 cm³/mol.